The summed E-state index contributed by atoms with van der Waals surface area (Å²) in [4.78, 5) is 14.7. The van der Waals surface area contributed by atoms with E-state index in [1.165, 1.54) is 12.8 Å². The van der Waals surface area contributed by atoms with Gasteiger partial charge in [0.1, 0.15) is 5.75 Å². The Labute approximate surface area is 132 Å². The number of unbranched alkanes of at least 4 members (excludes halogenated alkanes) is 1. The van der Waals surface area contributed by atoms with Gasteiger partial charge < -0.3 is 15.0 Å². The number of nitrogens with zero attached hydrogens (tertiary/aromatic N) is 1. The molecule has 3 rings (SSSR count). The number of nitrogens with one attached hydrogen (secondary N) is 1. The molecule has 2 aliphatic heterocycles. The van der Waals surface area contributed by atoms with Gasteiger partial charge in [-0.2, -0.15) is 0 Å². The van der Waals surface area contributed by atoms with Crippen LogP contribution < -0.4 is 10.1 Å². The summed E-state index contributed by atoms with van der Waals surface area (Å²) in [5.74, 6) is 0.996. The highest BCUT2D eigenvalue weighted by molar-refractivity contribution is 5.94. The summed E-state index contributed by atoms with van der Waals surface area (Å²) < 4.78 is 5.65. The first kappa shape index (κ1) is 15.3. The third-order valence-corrected chi connectivity index (χ3v) is 4.68. The molecule has 2 bridgehead atoms. The summed E-state index contributed by atoms with van der Waals surface area (Å²) in [6.07, 6.45) is 5.71. The molecule has 0 radical (unpaired) electrons. The van der Waals surface area contributed by atoms with Gasteiger partial charge in [-0.3, -0.25) is 4.79 Å². The summed E-state index contributed by atoms with van der Waals surface area (Å²) >= 11 is 0. The molecule has 2 heterocycles. The number of amides is 1. The summed E-state index contributed by atoms with van der Waals surface area (Å²) in [6.45, 7) is 4.59. The zero-order chi connectivity index (χ0) is 15.4. The van der Waals surface area contributed by atoms with Gasteiger partial charge in [0.25, 0.3) is 5.91 Å². The van der Waals surface area contributed by atoms with Crippen LogP contribution in [0.3, 0.4) is 0 Å². The van der Waals surface area contributed by atoms with Crippen LogP contribution in [0.5, 0.6) is 5.75 Å². The number of hydrogen-bond acceptors (Lipinski definition) is 3. The Balaban J connectivity index is 1.59. The fourth-order valence-electron chi connectivity index (χ4n) is 3.34. The van der Waals surface area contributed by atoms with Crippen LogP contribution in [0.1, 0.15) is 49.4 Å². The summed E-state index contributed by atoms with van der Waals surface area (Å²) in [6, 6.07) is 8.68. The second kappa shape index (κ2) is 7.14. The number of carbonyl (C=O) groups excluding carboxylic acids is 1. The fraction of sp³-hybridized carbons (Fsp3) is 0.611. The highest BCUT2D eigenvalue weighted by Crippen LogP contribution is 2.22. The van der Waals surface area contributed by atoms with Crippen LogP contribution in [0.4, 0.5) is 0 Å². The summed E-state index contributed by atoms with van der Waals surface area (Å²) in [5, 5.41) is 3.61. The predicted molar refractivity (Wildman–Crippen MR) is 87.3 cm³/mol. The van der Waals surface area contributed by atoms with Crippen LogP contribution >= 0.6 is 0 Å². The van der Waals surface area contributed by atoms with Crippen LogP contribution in [0.15, 0.2) is 24.3 Å². The van der Waals surface area contributed by atoms with Crippen LogP contribution in [-0.4, -0.2) is 42.6 Å². The number of ether oxygens (including phenoxy) is 1. The van der Waals surface area contributed by atoms with E-state index in [1.54, 1.807) is 0 Å². The maximum Gasteiger partial charge on any atom is 0.253 e. The molecule has 1 N–H and O–H groups in total. The third-order valence-electron chi connectivity index (χ3n) is 4.68. The average Bonchev–Trinajstić information content (AvgIpc) is 2.87. The van der Waals surface area contributed by atoms with Crippen molar-refractivity contribution in [3.05, 3.63) is 29.8 Å². The highest BCUT2D eigenvalue weighted by Gasteiger charge is 2.31. The average molecular weight is 302 g/mol. The standard InChI is InChI=1S/C18H26N2O2/c1-2-3-12-22-17-8-4-14(5-9-17)18(21)20-11-10-15-6-7-16(13-20)19-15/h4-5,8-9,15-16,19H,2-3,6-7,10-13H2,1H3. The number of benzene rings is 1. The van der Waals surface area contributed by atoms with Crippen molar-refractivity contribution in [2.24, 2.45) is 0 Å². The lowest BCUT2D eigenvalue weighted by Gasteiger charge is -2.24. The molecule has 1 amide bonds. The Hall–Kier alpha value is -1.55. The van der Waals surface area contributed by atoms with Gasteiger partial charge >= 0.3 is 0 Å². The highest BCUT2D eigenvalue weighted by atomic mass is 16.5. The quantitative estimate of drug-likeness (QED) is 0.850. The van der Waals surface area contributed by atoms with E-state index < -0.39 is 0 Å². The van der Waals surface area contributed by atoms with E-state index in [4.69, 9.17) is 4.74 Å². The smallest absolute Gasteiger partial charge is 0.253 e. The van der Waals surface area contributed by atoms with E-state index in [1.807, 2.05) is 29.2 Å². The van der Waals surface area contributed by atoms with Crippen molar-refractivity contribution in [3.8, 4) is 5.75 Å². The first-order valence-electron chi connectivity index (χ1n) is 8.54. The first-order chi connectivity index (χ1) is 10.8. The number of rotatable bonds is 5. The van der Waals surface area contributed by atoms with Crippen molar-refractivity contribution < 1.29 is 9.53 Å². The number of fused-ring (bicyclic) bond motifs is 2. The molecule has 2 fully saturated rings. The minimum absolute atomic E-state index is 0.148. The first-order valence-corrected chi connectivity index (χ1v) is 8.54. The third kappa shape index (κ3) is 3.61. The SMILES string of the molecule is CCCCOc1ccc(C(=O)N2CCC3CCC(C2)N3)cc1. The maximum absolute atomic E-state index is 12.7. The molecule has 0 saturated carbocycles. The topological polar surface area (TPSA) is 41.6 Å². The molecule has 2 atom stereocenters. The predicted octanol–water partition coefficient (Wildman–Crippen LogP) is 2.83. The molecule has 0 spiro atoms. The zero-order valence-electron chi connectivity index (χ0n) is 13.4. The fourth-order valence-corrected chi connectivity index (χ4v) is 3.34. The minimum atomic E-state index is 0.148. The van der Waals surface area contributed by atoms with Crippen molar-refractivity contribution in [1.29, 1.82) is 0 Å². The van der Waals surface area contributed by atoms with Crippen LogP contribution in [-0.2, 0) is 0 Å². The van der Waals surface area contributed by atoms with Gasteiger partial charge in [-0.15, -0.1) is 0 Å². The van der Waals surface area contributed by atoms with Crippen molar-refractivity contribution >= 4 is 5.91 Å². The number of hydrogen-bond donors (Lipinski definition) is 1. The minimum Gasteiger partial charge on any atom is -0.494 e. The summed E-state index contributed by atoms with van der Waals surface area (Å²) in [5.41, 5.74) is 0.764. The molecular formula is C18H26N2O2. The Morgan fingerprint density at radius 2 is 2.00 bits per heavy atom. The second-order valence-electron chi connectivity index (χ2n) is 6.40. The van der Waals surface area contributed by atoms with Gasteiger partial charge in [-0.1, -0.05) is 13.3 Å². The molecule has 0 aliphatic carbocycles. The largest absolute Gasteiger partial charge is 0.494 e. The van der Waals surface area contributed by atoms with E-state index in [-0.39, 0.29) is 5.91 Å². The molecule has 22 heavy (non-hydrogen) atoms. The van der Waals surface area contributed by atoms with E-state index in [0.717, 1.165) is 50.3 Å². The maximum atomic E-state index is 12.7. The molecular weight excluding hydrogens is 276 g/mol. The molecule has 1 aromatic rings. The Kier molecular flexibility index (Phi) is 4.98. The van der Waals surface area contributed by atoms with Gasteiger partial charge in [0, 0.05) is 30.7 Å². The molecule has 2 aliphatic rings. The van der Waals surface area contributed by atoms with Gasteiger partial charge in [0.05, 0.1) is 6.61 Å². The molecule has 2 saturated heterocycles. The lowest BCUT2D eigenvalue weighted by Crippen LogP contribution is -2.39. The number of carbonyl (C=O) groups is 1. The van der Waals surface area contributed by atoms with Crippen molar-refractivity contribution in [2.75, 3.05) is 19.7 Å². The van der Waals surface area contributed by atoms with Crippen molar-refractivity contribution in [2.45, 2.75) is 51.1 Å². The molecule has 120 valence electrons. The van der Waals surface area contributed by atoms with E-state index in [2.05, 4.69) is 12.2 Å². The monoisotopic (exact) mass is 302 g/mol. The van der Waals surface area contributed by atoms with E-state index >= 15 is 0 Å². The van der Waals surface area contributed by atoms with Gasteiger partial charge in [0.2, 0.25) is 0 Å². The Morgan fingerprint density at radius 3 is 2.77 bits per heavy atom. The molecule has 4 heteroatoms. The molecule has 0 aromatic heterocycles. The molecule has 1 aromatic carbocycles. The van der Waals surface area contributed by atoms with Crippen molar-refractivity contribution in [3.63, 3.8) is 0 Å². The van der Waals surface area contributed by atoms with Crippen LogP contribution in [0.25, 0.3) is 0 Å². The van der Waals surface area contributed by atoms with E-state index in [0.29, 0.717) is 12.1 Å². The zero-order valence-corrected chi connectivity index (χ0v) is 13.4. The normalized spacial score (nSPS) is 24.1. The van der Waals surface area contributed by atoms with Gasteiger partial charge in [0.15, 0.2) is 0 Å². The lowest BCUT2D eigenvalue weighted by atomic mass is 10.1. The molecule has 2 unspecified atom stereocenters. The van der Waals surface area contributed by atoms with Gasteiger partial charge in [-0.25, -0.2) is 0 Å². The van der Waals surface area contributed by atoms with Gasteiger partial charge in [-0.05, 0) is 49.9 Å². The second-order valence-corrected chi connectivity index (χ2v) is 6.40. The van der Waals surface area contributed by atoms with Crippen LogP contribution in [0.2, 0.25) is 0 Å². The Bertz CT molecular complexity index is 500. The van der Waals surface area contributed by atoms with Crippen LogP contribution in [0, 0.1) is 0 Å². The summed E-state index contributed by atoms with van der Waals surface area (Å²) in [7, 11) is 0. The number of likely N-dealkylation sites (tertiary alicyclic amines) is 1. The molecule has 4 nitrogen and oxygen atoms in total. The van der Waals surface area contributed by atoms with Crippen molar-refractivity contribution in [1.82, 2.24) is 10.2 Å². The van der Waals surface area contributed by atoms with E-state index in [9.17, 15) is 4.79 Å². The Morgan fingerprint density at radius 1 is 1.23 bits per heavy atom. The lowest BCUT2D eigenvalue weighted by molar-refractivity contribution is 0.0748.